The molecule has 0 radical (unpaired) electrons. The fourth-order valence-corrected chi connectivity index (χ4v) is 3.17. The molecule has 0 aliphatic heterocycles. The van der Waals surface area contributed by atoms with Gasteiger partial charge in [-0.1, -0.05) is 43.0 Å². The van der Waals surface area contributed by atoms with Crippen LogP contribution in [0.4, 0.5) is 0 Å². The van der Waals surface area contributed by atoms with Crippen molar-refractivity contribution in [3.8, 4) is 5.69 Å². The van der Waals surface area contributed by atoms with Gasteiger partial charge in [0.2, 0.25) is 0 Å². The number of hydrogen-bond acceptors (Lipinski definition) is 2. The van der Waals surface area contributed by atoms with Gasteiger partial charge >= 0.3 is 0 Å². The van der Waals surface area contributed by atoms with E-state index in [4.69, 9.17) is 11.6 Å². The first-order valence-corrected chi connectivity index (χ1v) is 7.47. The average molecular weight is 289 g/mol. The Hall–Kier alpha value is -1.61. The Morgan fingerprint density at radius 2 is 1.95 bits per heavy atom. The van der Waals surface area contributed by atoms with Gasteiger partial charge in [-0.05, 0) is 25.0 Å². The summed E-state index contributed by atoms with van der Waals surface area (Å²) in [5.74, 6) is 0.410. The van der Waals surface area contributed by atoms with E-state index in [1.54, 1.807) is 10.9 Å². The van der Waals surface area contributed by atoms with Crippen LogP contribution in [0, 0.1) is 0 Å². The van der Waals surface area contributed by atoms with Crippen LogP contribution in [-0.4, -0.2) is 16.1 Å². The van der Waals surface area contributed by atoms with E-state index in [9.17, 15) is 4.79 Å². The van der Waals surface area contributed by atoms with Crippen LogP contribution in [0.25, 0.3) is 5.69 Å². The lowest BCUT2D eigenvalue weighted by Crippen LogP contribution is -2.07. The Kier molecular flexibility index (Phi) is 3.88. The van der Waals surface area contributed by atoms with Crippen molar-refractivity contribution in [1.29, 1.82) is 0 Å². The van der Waals surface area contributed by atoms with Gasteiger partial charge in [-0.3, -0.25) is 4.79 Å². The number of nitrogens with zero attached hydrogens (tertiary/aromatic N) is 2. The van der Waals surface area contributed by atoms with Crippen molar-refractivity contribution in [2.75, 3.05) is 0 Å². The molecule has 1 fully saturated rings. The Labute approximate surface area is 123 Å². The topological polar surface area (TPSA) is 34.9 Å². The minimum absolute atomic E-state index is 0.410. The number of hydrogen-bond donors (Lipinski definition) is 0. The molecule has 20 heavy (non-hydrogen) atoms. The van der Waals surface area contributed by atoms with Crippen molar-refractivity contribution < 1.29 is 4.79 Å². The van der Waals surface area contributed by atoms with Gasteiger partial charge < -0.3 is 0 Å². The molecule has 4 heteroatoms. The predicted molar refractivity (Wildman–Crippen MR) is 79.8 cm³/mol. The smallest absolute Gasteiger partial charge is 0.153 e. The molecule has 0 N–H and O–H groups in total. The van der Waals surface area contributed by atoms with Gasteiger partial charge in [-0.2, -0.15) is 5.10 Å². The van der Waals surface area contributed by atoms with Gasteiger partial charge in [-0.15, -0.1) is 0 Å². The SMILES string of the molecule is O=Cc1cn(-c2ccccc2Cl)nc1C1CCCCC1. The first-order chi connectivity index (χ1) is 9.79. The molecule has 1 aliphatic rings. The second kappa shape index (κ2) is 5.80. The summed E-state index contributed by atoms with van der Waals surface area (Å²) in [5.41, 5.74) is 2.44. The number of carbonyl (C=O) groups is 1. The molecule has 0 saturated heterocycles. The Morgan fingerprint density at radius 1 is 1.20 bits per heavy atom. The van der Waals surface area contributed by atoms with Crippen molar-refractivity contribution in [3.05, 3.63) is 46.7 Å². The van der Waals surface area contributed by atoms with E-state index in [0.717, 1.165) is 30.5 Å². The zero-order chi connectivity index (χ0) is 13.9. The monoisotopic (exact) mass is 288 g/mol. The molecule has 0 unspecified atom stereocenters. The second-order valence-corrected chi connectivity index (χ2v) is 5.73. The molecule has 1 aromatic carbocycles. The summed E-state index contributed by atoms with van der Waals surface area (Å²) in [6.45, 7) is 0. The van der Waals surface area contributed by atoms with Crippen LogP contribution in [0.1, 0.15) is 54.1 Å². The average Bonchev–Trinajstić information content (AvgIpc) is 2.92. The van der Waals surface area contributed by atoms with E-state index in [1.807, 2.05) is 24.3 Å². The summed E-state index contributed by atoms with van der Waals surface area (Å²) in [7, 11) is 0. The van der Waals surface area contributed by atoms with Gasteiger partial charge in [0.05, 0.1) is 22.0 Å². The number of aromatic nitrogens is 2. The zero-order valence-corrected chi connectivity index (χ0v) is 12.0. The van der Waals surface area contributed by atoms with Crippen molar-refractivity contribution >= 4 is 17.9 Å². The molecule has 0 bridgehead atoms. The van der Waals surface area contributed by atoms with Gasteiger partial charge in [-0.25, -0.2) is 4.68 Å². The number of aldehydes is 1. The van der Waals surface area contributed by atoms with Crippen LogP contribution >= 0.6 is 11.6 Å². The molecule has 1 saturated carbocycles. The highest BCUT2D eigenvalue weighted by Gasteiger charge is 2.22. The van der Waals surface area contributed by atoms with Crippen molar-refractivity contribution in [3.63, 3.8) is 0 Å². The molecule has 0 spiro atoms. The number of halogens is 1. The van der Waals surface area contributed by atoms with Crippen molar-refractivity contribution in [2.45, 2.75) is 38.0 Å². The third kappa shape index (κ3) is 2.50. The standard InChI is InChI=1S/C16H17ClN2O/c17-14-8-4-5-9-15(14)19-10-13(11-20)16(18-19)12-6-2-1-3-7-12/h4-5,8-12H,1-3,6-7H2. The van der Waals surface area contributed by atoms with Crippen molar-refractivity contribution in [2.24, 2.45) is 0 Å². The lowest BCUT2D eigenvalue weighted by atomic mass is 9.86. The van der Waals surface area contributed by atoms with Crippen LogP contribution in [0.5, 0.6) is 0 Å². The molecule has 2 aromatic rings. The Bertz CT molecular complexity index is 615. The number of benzene rings is 1. The van der Waals surface area contributed by atoms with E-state index in [1.165, 1.54) is 19.3 Å². The molecule has 1 heterocycles. The molecule has 104 valence electrons. The lowest BCUT2D eigenvalue weighted by Gasteiger charge is -2.20. The van der Waals surface area contributed by atoms with Gasteiger partial charge in [0.15, 0.2) is 6.29 Å². The minimum atomic E-state index is 0.410. The van der Waals surface area contributed by atoms with Gasteiger partial charge in [0, 0.05) is 12.1 Å². The predicted octanol–water partition coefficient (Wildman–Crippen LogP) is 4.39. The normalized spacial score (nSPS) is 16.2. The fourth-order valence-electron chi connectivity index (χ4n) is 2.95. The molecule has 1 aromatic heterocycles. The van der Waals surface area contributed by atoms with Crippen LogP contribution in [0.15, 0.2) is 30.5 Å². The summed E-state index contributed by atoms with van der Waals surface area (Å²) >= 11 is 6.20. The minimum Gasteiger partial charge on any atom is -0.298 e. The number of rotatable bonds is 3. The van der Waals surface area contributed by atoms with E-state index in [0.29, 0.717) is 16.5 Å². The van der Waals surface area contributed by atoms with Crippen LogP contribution in [-0.2, 0) is 0 Å². The van der Waals surface area contributed by atoms with Crippen LogP contribution in [0.3, 0.4) is 0 Å². The number of para-hydroxylation sites is 1. The van der Waals surface area contributed by atoms with E-state index in [2.05, 4.69) is 5.10 Å². The molecule has 0 atom stereocenters. The molecule has 3 rings (SSSR count). The Balaban J connectivity index is 2.00. The Morgan fingerprint density at radius 3 is 2.65 bits per heavy atom. The van der Waals surface area contributed by atoms with E-state index >= 15 is 0 Å². The van der Waals surface area contributed by atoms with Gasteiger partial charge in [0.25, 0.3) is 0 Å². The lowest BCUT2D eigenvalue weighted by molar-refractivity contribution is 0.112. The molecule has 3 nitrogen and oxygen atoms in total. The van der Waals surface area contributed by atoms with Crippen molar-refractivity contribution in [1.82, 2.24) is 9.78 Å². The van der Waals surface area contributed by atoms with E-state index < -0.39 is 0 Å². The highest BCUT2D eigenvalue weighted by molar-refractivity contribution is 6.32. The zero-order valence-electron chi connectivity index (χ0n) is 11.3. The van der Waals surface area contributed by atoms with Crippen LogP contribution in [0.2, 0.25) is 5.02 Å². The molecule has 1 aliphatic carbocycles. The maximum atomic E-state index is 11.3. The van der Waals surface area contributed by atoms with Gasteiger partial charge in [0.1, 0.15) is 0 Å². The second-order valence-electron chi connectivity index (χ2n) is 5.32. The first kappa shape index (κ1) is 13.4. The summed E-state index contributed by atoms with van der Waals surface area (Å²) in [6, 6.07) is 7.55. The van der Waals surface area contributed by atoms with Crippen LogP contribution < -0.4 is 0 Å². The highest BCUT2D eigenvalue weighted by Crippen LogP contribution is 2.33. The van der Waals surface area contributed by atoms with E-state index in [-0.39, 0.29) is 0 Å². The summed E-state index contributed by atoms with van der Waals surface area (Å²) in [5, 5.41) is 5.28. The quantitative estimate of drug-likeness (QED) is 0.785. The maximum absolute atomic E-state index is 11.3. The molecule has 0 amide bonds. The third-order valence-corrected chi connectivity index (χ3v) is 4.31. The summed E-state index contributed by atoms with van der Waals surface area (Å²) in [4.78, 5) is 11.3. The summed E-state index contributed by atoms with van der Waals surface area (Å²) < 4.78 is 1.73. The summed E-state index contributed by atoms with van der Waals surface area (Å²) in [6.07, 6.45) is 8.69. The maximum Gasteiger partial charge on any atom is 0.153 e. The fraction of sp³-hybridized carbons (Fsp3) is 0.375. The highest BCUT2D eigenvalue weighted by atomic mass is 35.5. The first-order valence-electron chi connectivity index (χ1n) is 7.09. The molecular weight excluding hydrogens is 272 g/mol. The largest absolute Gasteiger partial charge is 0.298 e. The third-order valence-electron chi connectivity index (χ3n) is 3.99. The molecular formula is C16H17ClN2O. The number of carbonyl (C=O) groups excluding carboxylic acids is 1.